The normalized spacial score (nSPS) is 10.9. The van der Waals surface area contributed by atoms with E-state index in [0.717, 1.165) is 21.4 Å². The Hall–Kier alpha value is -1.59. The van der Waals surface area contributed by atoms with Crippen LogP contribution >= 0.6 is 12.6 Å². The molecule has 5 heteroatoms. The van der Waals surface area contributed by atoms with E-state index >= 15 is 0 Å². The van der Waals surface area contributed by atoms with Gasteiger partial charge in [0.05, 0.1) is 12.1 Å². The fourth-order valence-electron chi connectivity index (χ4n) is 1.91. The predicted octanol–water partition coefficient (Wildman–Crippen LogP) is 1.70. The Kier molecular flexibility index (Phi) is 4.39. The molecule has 0 saturated heterocycles. The minimum Gasteiger partial charge on any atom is -0.351 e. The summed E-state index contributed by atoms with van der Waals surface area (Å²) in [5.41, 5.74) is 1.91. The van der Waals surface area contributed by atoms with Crippen molar-refractivity contribution in [1.82, 2.24) is 15.2 Å². The van der Waals surface area contributed by atoms with Crippen molar-refractivity contribution in [2.45, 2.75) is 11.4 Å². The lowest BCUT2D eigenvalue weighted by Crippen LogP contribution is -2.32. The topological polar surface area (TPSA) is 45.2 Å². The first-order valence-electron chi connectivity index (χ1n) is 6.05. The molecule has 0 atom stereocenters. The standard InChI is InChI=1S/C14H17N3OS/c1-17(2)9-13(18)16-8-10-5-6-12(19)14-11(10)4-3-7-15-14/h3-7,19H,8-9H2,1-2H3,(H,16,18). The number of carbonyl (C=O) groups excluding carboxylic acids is 1. The molecule has 4 nitrogen and oxygen atoms in total. The summed E-state index contributed by atoms with van der Waals surface area (Å²) in [6.45, 7) is 0.893. The summed E-state index contributed by atoms with van der Waals surface area (Å²) < 4.78 is 0. The predicted molar refractivity (Wildman–Crippen MR) is 79.4 cm³/mol. The van der Waals surface area contributed by atoms with Crippen LogP contribution in [0.1, 0.15) is 5.56 Å². The molecular formula is C14H17N3OS. The lowest BCUT2D eigenvalue weighted by molar-refractivity contribution is -0.121. The van der Waals surface area contributed by atoms with E-state index in [4.69, 9.17) is 0 Å². The van der Waals surface area contributed by atoms with Crippen LogP contribution in [0.15, 0.2) is 35.4 Å². The van der Waals surface area contributed by atoms with Gasteiger partial charge in [0, 0.05) is 23.0 Å². The monoisotopic (exact) mass is 275 g/mol. The van der Waals surface area contributed by atoms with Gasteiger partial charge in [-0.15, -0.1) is 12.6 Å². The first-order valence-corrected chi connectivity index (χ1v) is 6.49. The number of carbonyl (C=O) groups is 1. The van der Waals surface area contributed by atoms with E-state index in [2.05, 4.69) is 22.9 Å². The van der Waals surface area contributed by atoms with E-state index in [1.807, 2.05) is 43.3 Å². The summed E-state index contributed by atoms with van der Waals surface area (Å²) in [5.74, 6) is 0.0111. The molecule has 0 saturated carbocycles. The second-order valence-corrected chi connectivity index (χ2v) is 5.14. The molecule has 2 aromatic rings. The molecule has 0 fully saturated rings. The molecule has 100 valence electrons. The minimum absolute atomic E-state index is 0.0111. The van der Waals surface area contributed by atoms with Gasteiger partial charge in [0.2, 0.25) is 5.91 Å². The number of likely N-dealkylation sites (N-methyl/N-ethyl adjacent to an activating group) is 1. The molecule has 0 bridgehead atoms. The molecule has 2 rings (SSSR count). The Labute approximate surface area is 118 Å². The van der Waals surface area contributed by atoms with Crippen molar-refractivity contribution in [1.29, 1.82) is 0 Å². The van der Waals surface area contributed by atoms with Crippen LogP contribution in [0, 0.1) is 0 Å². The highest BCUT2D eigenvalue weighted by Gasteiger charge is 2.07. The van der Waals surface area contributed by atoms with Crippen molar-refractivity contribution in [2.24, 2.45) is 0 Å². The fraction of sp³-hybridized carbons (Fsp3) is 0.286. The third-order valence-electron chi connectivity index (χ3n) is 2.77. The number of aromatic nitrogens is 1. The summed E-state index contributed by atoms with van der Waals surface area (Å²) in [5, 5.41) is 3.94. The number of thiol groups is 1. The molecule has 0 aliphatic carbocycles. The van der Waals surface area contributed by atoms with Crippen molar-refractivity contribution in [3.8, 4) is 0 Å². The van der Waals surface area contributed by atoms with Gasteiger partial charge in [-0.25, -0.2) is 0 Å². The highest BCUT2D eigenvalue weighted by molar-refractivity contribution is 7.80. The van der Waals surface area contributed by atoms with Gasteiger partial charge in [0.15, 0.2) is 0 Å². The summed E-state index contributed by atoms with van der Waals surface area (Å²) in [4.78, 5) is 18.7. The number of hydrogen-bond acceptors (Lipinski definition) is 4. The van der Waals surface area contributed by atoms with E-state index in [1.165, 1.54) is 0 Å². The Morgan fingerprint density at radius 2 is 2.16 bits per heavy atom. The van der Waals surface area contributed by atoms with Crippen LogP contribution in [-0.4, -0.2) is 36.4 Å². The second-order valence-electron chi connectivity index (χ2n) is 4.66. The molecule has 1 N–H and O–H groups in total. The molecular weight excluding hydrogens is 258 g/mol. The first kappa shape index (κ1) is 13.8. The molecule has 0 aliphatic rings. The Balaban J connectivity index is 2.17. The average Bonchev–Trinajstić information content (AvgIpc) is 2.37. The van der Waals surface area contributed by atoms with Gasteiger partial charge in [-0.3, -0.25) is 9.78 Å². The maximum Gasteiger partial charge on any atom is 0.234 e. The van der Waals surface area contributed by atoms with Gasteiger partial charge in [0.25, 0.3) is 0 Å². The average molecular weight is 275 g/mol. The molecule has 1 aromatic heterocycles. The molecule has 0 unspecified atom stereocenters. The highest BCUT2D eigenvalue weighted by Crippen LogP contribution is 2.23. The van der Waals surface area contributed by atoms with Crippen molar-refractivity contribution in [3.63, 3.8) is 0 Å². The van der Waals surface area contributed by atoms with Crippen LogP contribution in [-0.2, 0) is 11.3 Å². The van der Waals surface area contributed by atoms with Crippen LogP contribution in [0.4, 0.5) is 0 Å². The number of pyridine rings is 1. The van der Waals surface area contributed by atoms with E-state index < -0.39 is 0 Å². The van der Waals surface area contributed by atoms with Crippen LogP contribution in [0.3, 0.4) is 0 Å². The largest absolute Gasteiger partial charge is 0.351 e. The highest BCUT2D eigenvalue weighted by atomic mass is 32.1. The molecule has 0 spiro atoms. The van der Waals surface area contributed by atoms with Crippen molar-refractivity contribution < 1.29 is 4.79 Å². The first-order chi connectivity index (χ1) is 9.08. The molecule has 1 aromatic carbocycles. The zero-order valence-corrected chi connectivity index (χ0v) is 11.9. The van der Waals surface area contributed by atoms with Crippen molar-refractivity contribution >= 4 is 29.4 Å². The molecule has 19 heavy (non-hydrogen) atoms. The number of fused-ring (bicyclic) bond motifs is 1. The van der Waals surface area contributed by atoms with E-state index in [-0.39, 0.29) is 5.91 Å². The quantitative estimate of drug-likeness (QED) is 0.835. The van der Waals surface area contributed by atoms with Crippen LogP contribution < -0.4 is 5.32 Å². The van der Waals surface area contributed by atoms with Crippen LogP contribution in [0.5, 0.6) is 0 Å². The van der Waals surface area contributed by atoms with E-state index in [0.29, 0.717) is 13.1 Å². The Bertz CT molecular complexity index is 598. The molecule has 1 amide bonds. The van der Waals surface area contributed by atoms with Gasteiger partial charge in [-0.2, -0.15) is 0 Å². The van der Waals surface area contributed by atoms with Gasteiger partial charge in [0.1, 0.15) is 0 Å². The third kappa shape index (κ3) is 3.45. The minimum atomic E-state index is 0.0111. The number of benzene rings is 1. The SMILES string of the molecule is CN(C)CC(=O)NCc1ccc(S)c2ncccc12. The lowest BCUT2D eigenvalue weighted by atomic mass is 10.1. The molecule has 0 radical (unpaired) electrons. The maximum atomic E-state index is 11.6. The number of hydrogen-bond donors (Lipinski definition) is 2. The fourth-order valence-corrected chi connectivity index (χ4v) is 2.16. The smallest absolute Gasteiger partial charge is 0.234 e. The van der Waals surface area contributed by atoms with Crippen molar-refractivity contribution in [2.75, 3.05) is 20.6 Å². The summed E-state index contributed by atoms with van der Waals surface area (Å²) in [6.07, 6.45) is 1.75. The zero-order valence-electron chi connectivity index (χ0n) is 11.1. The van der Waals surface area contributed by atoms with E-state index in [9.17, 15) is 4.79 Å². The summed E-state index contributed by atoms with van der Waals surface area (Å²) >= 11 is 4.40. The number of amides is 1. The summed E-state index contributed by atoms with van der Waals surface area (Å²) in [7, 11) is 3.74. The van der Waals surface area contributed by atoms with Gasteiger partial charge < -0.3 is 10.2 Å². The molecule has 0 aliphatic heterocycles. The lowest BCUT2D eigenvalue weighted by Gasteiger charge is -2.12. The Morgan fingerprint density at radius 3 is 2.89 bits per heavy atom. The van der Waals surface area contributed by atoms with Gasteiger partial charge in [-0.1, -0.05) is 12.1 Å². The van der Waals surface area contributed by atoms with Crippen LogP contribution in [0.25, 0.3) is 10.9 Å². The number of nitrogens with zero attached hydrogens (tertiary/aromatic N) is 2. The van der Waals surface area contributed by atoms with Crippen LogP contribution in [0.2, 0.25) is 0 Å². The van der Waals surface area contributed by atoms with E-state index in [1.54, 1.807) is 6.20 Å². The van der Waals surface area contributed by atoms with Gasteiger partial charge in [-0.05, 0) is 31.8 Å². The third-order valence-corrected chi connectivity index (χ3v) is 3.14. The van der Waals surface area contributed by atoms with Crippen molar-refractivity contribution in [3.05, 3.63) is 36.0 Å². The number of rotatable bonds is 4. The number of nitrogens with one attached hydrogen (secondary N) is 1. The van der Waals surface area contributed by atoms with Gasteiger partial charge >= 0.3 is 0 Å². The summed E-state index contributed by atoms with van der Waals surface area (Å²) in [6, 6.07) is 7.77. The Morgan fingerprint density at radius 1 is 1.37 bits per heavy atom. The maximum absolute atomic E-state index is 11.6. The molecule has 1 heterocycles. The second kappa shape index (κ2) is 6.04. The zero-order chi connectivity index (χ0) is 13.8.